The van der Waals surface area contributed by atoms with E-state index in [1.54, 1.807) is 75.6 Å². The topological polar surface area (TPSA) is 96.9 Å². The summed E-state index contributed by atoms with van der Waals surface area (Å²) in [5.41, 5.74) is 1.45. The van der Waals surface area contributed by atoms with Crippen LogP contribution in [0.25, 0.3) is 21.2 Å². The van der Waals surface area contributed by atoms with Crippen LogP contribution < -0.4 is 10.6 Å². The third kappa shape index (κ3) is 7.01. The average Bonchev–Trinajstić information content (AvgIpc) is 3.28. The number of hydrogen-bond donors (Lipinski definition) is 2. The largest absolute Gasteiger partial charge is 0.444 e. The fraction of sp³-hybridized carbons (Fsp3) is 0.241. The van der Waals surface area contributed by atoms with Gasteiger partial charge in [0.05, 0.1) is 26.0 Å². The Morgan fingerprint density at radius 1 is 0.949 bits per heavy atom. The van der Waals surface area contributed by atoms with Crippen LogP contribution in [-0.4, -0.2) is 34.6 Å². The summed E-state index contributed by atoms with van der Waals surface area (Å²) in [5.74, 6) is -0.734. The first-order valence-electron chi connectivity index (χ1n) is 12.3. The Labute approximate surface area is 231 Å². The van der Waals surface area contributed by atoms with Crippen LogP contribution in [0.1, 0.15) is 37.4 Å². The highest BCUT2D eigenvalue weighted by Gasteiger charge is 2.19. The summed E-state index contributed by atoms with van der Waals surface area (Å²) >= 11 is 1.30. The Bertz CT molecular complexity index is 1660. The number of rotatable bonds is 6. The number of amides is 2. The number of fused-ring (bicyclic) bond motifs is 1. The third-order valence-electron chi connectivity index (χ3n) is 5.61. The second kappa shape index (κ2) is 11.2. The number of thiophene rings is 1. The molecule has 4 rings (SSSR count). The number of nitrogens with one attached hydrogen (secondary N) is 2. The number of hydrogen-bond acceptors (Lipinski definition) is 6. The molecule has 1 heterocycles. The zero-order chi connectivity index (χ0) is 28.4. The lowest BCUT2D eigenvalue weighted by molar-refractivity contribution is 0.0635. The van der Waals surface area contributed by atoms with Gasteiger partial charge in [0.1, 0.15) is 11.4 Å². The van der Waals surface area contributed by atoms with Crippen molar-refractivity contribution in [2.45, 2.75) is 38.2 Å². The first-order valence-corrected chi connectivity index (χ1v) is 15.0. The molecule has 0 aliphatic carbocycles. The van der Waals surface area contributed by atoms with Crippen LogP contribution in [0.4, 0.5) is 20.6 Å². The van der Waals surface area contributed by atoms with Crippen LogP contribution >= 0.6 is 11.3 Å². The van der Waals surface area contributed by atoms with Crippen LogP contribution in [0.2, 0.25) is 0 Å². The average molecular weight is 568 g/mol. The number of anilines is 2. The van der Waals surface area contributed by atoms with E-state index < -0.39 is 21.4 Å². The molecule has 0 fully saturated rings. The number of nitrogens with zero attached hydrogens (tertiary/aromatic N) is 1. The highest BCUT2D eigenvalue weighted by Crippen LogP contribution is 2.33. The van der Waals surface area contributed by atoms with Gasteiger partial charge in [-0.05, 0) is 92.7 Å². The molecule has 10 heteroatoms. The Balaban J connectivity index is 1.67. The lowest BCUT2D eigenvalue weighted by Gasteiger charge is -2.21. The monoisotopic (exact) mass is 567 g/mol. The molecule has 0 saturated heterocycles. The number of carbonyl (C=O) groups excluding carboxylic acids is 2. The molecule has 4 aromatic rings. The highest BCUT2D eigenvalue weighted by molar-refractivity contribution is 7.93. The van der Waals surface area contributed by atoms with Gasteiger partial charge in [-0.3, -0.25) is 10.1 Å². The normalized spacial score (nSPS) is 13.0. The smallest absolute Gasteiger partial charge is 0.412 e. The predicted molar refractivity (Wildman–Crippen MR) is 157 cm³/mol. The molecule has 2 amide bonds. The molecule has 0 saturated carbocycles. The number of ether oxygens (including phenoxy) is 1. The summed E-state index contributed by atoms with van der Waals surface area (Å²) in [6.07, 6.45) is 0.938. The highest BCUT2D eigenvalue weighted by atomic mass is 32.2. The van der Waals surface area contributed by atoms with Crippen molar-refractivity contribution < 1.29 is 22.9 Å². The van der Waals surface area contributed by atoms with Gasteiger partial charge >= 0.3 is 6.09 Å². The van der Waals surface area contributed by atoms with E-state index in [2.05, 4.69) is 15.0 Å². The predicted octanol–water partition coefficient (Wildman–Crippen LogP) is 7.78. The summed E-state index contributed by atoms with van der Waals surface area (Å²) in [6.45, 7) is 7.56. The van der Waals surface area contributed by atoms with Crippen LogP contribution in [0.15, 0.2) is 76.0 Å². The van der Waals surface area contributed by atoms with Crippen LogP contribution in [0.5, 0.6) is 0 Å². The van der Waals surface area contributed by atoms with E-state index in [9.17, 15) is 18.2 Å². The summed E-state index contributed by atoms with van der Waals surface area (Å²) in [7, 11) is -2.52. The Morgan fingerprint density at radius 3 is 2.31 bits per heavy atom. The molecule has 1 aromatic heterocycles. The maximum absolute atomic E-state index is 13.5. The minimum absolute atomic E-state index is 0.346. The van der Waals surface area contributed by atoms with Gasteiger partial charge in [0.2, 0.25) is 0 Å². The molecular formula is C29H30FN3O4S2. The molecule has 2 N–H and O–H groups in total. The van der Waals surface area contributed by atoms with Crippen molar-refractivity contribution in [1.82, 2.24) is 0 Å². The zero-order valence-electron chi connectivity index (χ0n) is 22.3. The minimum atomic E-state index is -2.52. The van der Waals surface area contributed by atoms with Crippen LogP contribution in [0, 0.1) is 5.82 Å². The van der Waals surface area contributed by atoms with Gasteiger partial charge in [-0.1, -0.05) is 18.2 Å². The first-order chi connectivity index (χ1) is 18.3. The fourth-order valence-corrected chi connectivity index (χ4v) is 6.11. The molecule has 204 valence electrons. The number of halogens is 1. The lowest BCUT2D eigenvalue weighted by Crippen LogP contribution is -2.27. The molecule has 3 aromatic carbocycles. The van der Waals surface area contributed by atoms with Gasteiger partial charge in [0, 0.05) is 22.4 Å². The molecular weight excluding hydrogens is 537 g/mol. The minimum Gasteiger partial charge on any atom is -0.444 e. The van der Waals surface area contributed by atoms with Gasteiger partial charge in [-0.25, -0.2) is 17.8 Å². The first kappa shape index (κ1) is 28.3. The SMILES string of the molecule is CCN=S(C)(=O)c1ccc2sc(C(=O)Nc3cc(-c4ccc(F)cc4)ccc3NC(=O)OC(C)(C)C)cc2c1. The van der Waals surface area contributed by atoms with E-state index in [4.69, 9.17) is 4.74 Å². The van der Waals surface area contributed by atoms with Gasteiger partial charge < -0.3 is 10.1 Å². The van der Waals surface area contributed by atoms with E-state index in [1.165, 1.54) is 23.5 Å². The lowest BCUT2D eigenvalue weighted by atomic mass is 10.0. The van der Waals surface area contributed by atoms with E-state index in [-0.39, 0.29) is 11.7 Å². The van der Waals surface area contributed by atoms with Gasteiger partial charge in [0.25, 0.3) is 5.91 Å². The third-order valence-corrected chi connectivity index (χ3v) is 8.60. The standard InChI is InChI=1S/C29H30FN3O4S2/c1-6-31-39(5,36)22-12-14-25-20(15-22)17-26(38-25)27(34)32-24-16-19(18-7-10-21(30)11-8-18)9-13-23(24)33-28(35)37-29(2,3)4/h7-17H,6H2,1-5H3,(H,32,34)(H,33,35). The van der Waals surface area contributed by atoms with E-state index in [0.29, 0.717) is 27.7 Å². The number of benzene rings is 3. The van der Waals surface area contributed by atoms with Gasteiger partial charge in [-0.15, -0.1) is 11.3 Å². The van der Waals surface area contributed by atoms with Crippen molar-refractivity contribution in [2.24, 2.45) is 4.36 Å². The Kier molecular flexibility index (Phi) is 8.08. The molecule has 0 bridgehead atoms. The molecule has 1 unspecified atom stereocenters. The number of carbonyl (C=O) groups is 2. The van der Waals surface area contributed by atoms with Crippen molar-refractivity contribution in [1.29, 1.82) is 0 Å². The fourth-order valence-electron chi connectivity index (χ4n) is 3.87. The van der Waals surface area contributed by atoms with E-state index in [1.807, 2.05) is 13.0 Å². The van der Waals surface area contributed by atoms with Crippen molar-refractivity contribution in [3.63, 3.8) is 0 Å². The second-order valence-corrected chi connectivity index (χ2v) is 13.3. The quantitative estimate of drug-likeness (QED) is 0.249. The van der Waals surface area contributed by atoms with Crippen LogP contribution in [-0.2, 0) is 14.5 Å². The maximum Gasteiger partial charge on any atom is 0.412 e. The van der Waals surface area contributed by atoms with Gasteiger partial charge in [-0.2, -0.15) is 0 Å². The molecule has 7 nitrogen and oxygen atoms in total. The molecule has 0 aliphatic rings. The van der Waals surface area contributed by atoms with Crippen molar-refractivity contribution in [2.75, 3.05) is 23.4 Å². The summed E-state index contributed by atoms with van der Waals surface area (Å²) < 4.78 is 36.8. The zero-order valence-corrected chi connectivity index (χ0v) is 24.0. The summed E-state index contributed by atoms with van der Waals surface area (Å²) in [6, 6.07) is 18.3. The van der Waals surface area contributed by atoms with Crippen molar-refractivity contribution in [3.05, 3.63) is 77.4 Å². The van der Waals surface area contributed by atoms with Crippen LogP contribution in [0.3, 0.4) is 0 Å². The molecule has 0 spiro atoms. The molecule has 1 atom stereocenters. The molecule has 0 aliphatic heterocycles. The van der Waals surface area contributed by atoms with Crippen molar-refractivity contribution in [3.8, 4) is 11.1 Å². The molecule has 0 radical (unpaired) electrons. The summed E-state index contributed by atoms with van der Waals surface area (Å²) in [4.78, 5) is 26.9. The Hall–Kier alpha value is -3.76. The van der Waals surface area contributed by atoms with E-state index in [0.717, 1.165) is 21.2 Å². The summed E-state index contributed by atoms with van der Waals surface area (Å²) in [5, 5.41) is 6.38. The van der Waals surface area contributed by atoms with E-state index >= 15 is 0 Å². The van der Waals surface area contributed by atoms with Gasteiger partial charge in [0.15, 0.2) is 0 Å². The second-order valence-electron chi connectivity index (χ2n) is 9.91. The van der Waals surface area contributed by atoms with Crippen molar-refractivity contribution >= 4 is 54.5 Å². The Morgan fingerprint density at radius 2 is 1.64 bits per heavy atom. The molecule has 39 heavy (non-hydrogen) atoms. The maximum atomic E-state index is 13.5.